The number of nitrogens with one attached hydrogen (secondary N) is 2. The molecule has 80 heavy (non-hydrogen) atoms. The van der Waals surface area contributed by atoms with Crippen molar-refractivity contribution in [2.45, 2.75) is 128 Å². The van der Waals surface area contributed by atoms with E-state index in [1.54, 1.807) is 14.2 Å². The molecular weight excluding hydrogens is 1050 g/mol. The van der Waals surface area contributed by atoms with Crippen LogP contribution in [-0.4, -0.2) is 159 Å². The van der Waals surface area contributed by atoms with Crippen LogP contribution in [0.15, 0.2) is 85.1 Å². The Morgan fingerprint density at radius 3 is 1.86 bits per heavy atom. The number of ketones is 1. The van der Waals surface area contributed by atoms with E-state index in [0.717, 1.165) is 16.7 Å². The van der Waals surface area contributed by atoms with Crippen LogP contribution >= 0.6 is 8.53 Å². The monoisotopic (exact) mass is 1130 g/mol. The molecule has 0 radical (unpaired) electrons. The summed E-state index contributed by atoms with van der Waals surface area (Å²) in [6, 6.07) is 25.5. The Bertz CT molecular complexity index is 2520. The fraction of sp³-hybridized carbons (Fsp3) is 0.526. The number of Topliss-reactive ketones (excluding diaryl/α,β-unsaturated/α-hetero) is 1. The number of carbonyl (C=O) groups excluding carboxylic acids is 6. The lowest BCUT2D eigenvalue weighted by molar-refractivity contribution is -0.153. The van der Waals surface area contributed by atoms with Gasteiger partial charge in [-0.2, -0.15) is 5.26 Å². The van der Waals surface area contributed by atoms with E-state index in [1.807, 2.05) is 113 Å². The van der Waals surface area contributed by atoms with Crippen molar-refractivity contribution < 1.29 is 66.2 Å². The van der Waals surface area contributed by atoms with Gasteiger partial charge in [0.25, 0.3) is 8.53 Å². The highest BCUT2D eigenvalue weighted by Gasteiger charge is 2.40. The number of nitriles is 1. The molecule has 4 rings (SSSR count). The van der Waals surface area contributed by atoms with Crippen molar-refractivity contribution in [3.8, 4) is 17.6 Å². The molecule has 2 N–H and O–H groups in total. The summed E-state index contributed by atoms with van der Waals surface area (Å²) in [5, 5.41) is 23.4. The predicted molar refractivity (Wildman–Crippen MR) is 297 cm³/mol. The van der Waals surface area contributed by atoms with E-state index in [2.05, 4.69) is 31.7 Å². The van der Waals surface area contributed by atoms with E-state index in [4.69, 9.17) is 37.5 Å². The quantitative estimate of drug-likeness (QED) is 0.0167. The van der Waals surface area contributed by atoms with Crippen LogP contribution < -0.4 is 20.1 Å². The molecule has 0 bridgehead atoms. The molecule has 4 aromatic rings. The zero-order valence-corrected chi connectivity index (χ0v) is 48.6. The molecule has 0 aliphatic carbocycles. The van der Waals surface area contributed by atoms with Gasteiger partial charge in [0.1, 0.15) is 29.7 Å². The molecule has 0 saturated carbocycles. The molecule has 23 heteroatoms. The van der Waals surface area contributed by atoms with Gasteiger partial charge in [0.15, 0.2) is 5.78 Å². The summed E-state index contributed by atoms with van der Waals surface area (Å²) in [6.45, 7) is 9.34. The van der Waals surface area contributed by atoms with Crippen LogP contribution in [0.25, 0.3) is 0 Å². The Labute approximate surface area is 471 Å². The van der Waals surface area contributed by atoms with E-state index in [0.29, 0.717) is 36.5 Å². The molecule has 0 aliphatic heterocycles. The first kappa shape index (κ1) is 65.7. The largest absolute Gasteiger partial charge is 0.497 e. The van der Waals surface area contributed by atoms with E-state index in [-0.39, 0.29) is 95.3 Å². The van der Waals surface area contributed by atoms with Gasteiger partial charge in [-0.25, -0.2) is 9.35 Å². The second-order valence-electron chi connectivity index (χ2n) is 19.3. The number of ether oxygens (including phenoxy) is 6. The molecule has 2 unspecified atom stereocenters. The Balaban J connectivity index is 1.45. The number of hydrogen-bond acceptors (Lipinski definition) is 19. The van der Waals surface area contributed by atoms with Crippen LogP contribution in [-0.2, 0) is 75.3 Å². The van der Waals surface area contributed by atoms with Gasteiger partial charge in [-0.15, -0.1) is 5.10 Å². The Hall–Kier alpha value is -6.86. The lowest BCUT2D eigenvalue weighted by atomic mass is 9.80. The van der Waals surface area contributed by atoms with Crippen molar-refractivity contribution in [1.29, 1.82) is 5.26 Å². The lowest BCUT2D eigenvalue weighted by Crippen LogP contribution is -2.49. The van der Waals surface area contributed by atoms with Crippen molar-refractivity contribution in [1.82, 2.24) is 35.2 Å². The number of hydrogen-bond donors (Lipinski definition) is 2. The second-order valence-corrected chi connectivity index (χ2v) is 20.7. The van der Waals surface area contributed by atoms with Crippen LogP contribution in [0.1, 0.15) is 102 Å². The van der Waals surface area contributed by atoms with Gasteiger partial charge in [-0.05, 0) is 88.4 Å². The number of benzene rings is 3. The van der Waals surface area contributed by atoms with Crippen LogP contribution in [0.5, 0.6) is 11.5 Å². The molecule has 1 aromatic heterocycles. The maximum atomic E-state index is 14.0. The average molecular weight is 1130 g/mol. The van der Waals surface area contributed by atoms with E-state index >= 15 is 0 Å². The fourth-order valence-electron chi connectivity index (χ4n) is 8.83. The van der Waals surface area contributed by atoms with Gasteiger partial charge < -0.3 is 48.1 Å². The van der Waals surface area contributed by atoms with Crippen molar-refractivity contribution >= 4 is 44.0 Å². The van der Waals surface area contributed by atoms with Crippen LogP contribution in [0.2, 0.25) is 0 Å². The fourth-order valence-corrected chi connectivity index (χ4v) is 10.6. The standard InChI is InChI=1S/C57H79N8O14P/c1-40(2)65(41(3)4)80(78-33-17-31-58)79-42(5)50(39-77-57(43-18-13-11-14-19-43,44-22-26-48(72-6)27-23-44)45-24-28-49(73-7)29-25-45)60-52(67)30-32-59-53(68)34-46-35-64(62-61-46)36-47(66)20-15-12-16-21-51(56(71)76-10)63(37-54(69)74-8)38-55(70)75-9/h11,13-14,18-19,22-29,35,40-42,50-51H,12,15-17,20-21,30,32-34,36-39H2,1-10H3,(H,59,68)(H,60,67)/t42-,50-,51?,80?/m1/s1. The van der Waals surface area contributed by atoms with Crippen LogP contribution in [0.4, 0.5) is 0 Å². The molecule has 0 spiro atoms. The lowest BCUT2D eigenvalue weighted by Gasteiger charge is -2.40. The number of carbonyl (C=O) groups is 6. The summed E-state index contributed by atoms with van der Waals surface area (Å²) in [5.41, 5.74) is 1.48. The summed E-state index contributed by atoms with van der Waals surface area (Å²) in [5.74, 6) is -1.52. The highest BCUT2D eigenvalue weighted by atomic mass is 31.2. The minimum absolute atomic E-state index is 0.0118. The van der Waals surface area contributed by atoms with Gasteiger partial charge in [0.2, 0.25) is 11.8 Å². The first-order chi connectivity index (χ1) is 38.4. The predicted octanol–water partition coefficient (Wildman–Crippen LogP) is 6.23. The minimum Gasteiger partial charge on any atom is -0.497 e. The third kappa shape index (κ3) is 20.4. The number of nitrogens with zero attached hydrogens (tertiary/aromatic N) is 6. The van der Waals surface area contributed by atoms with Crippen molar-refractivity contribution in [2.75, 3.05) is 68.4 Å². The first-order valence-corrected chi connectivity index (χ1v) is 27.7. The SMILES string of the molecule is COC(=O)CN(CC(=O)OC)C(CCCCCC(=O)Cn1cc(CC(=O)NCCC(=O)N[C@H](COC(c2ccccc2)(c2ccc(OC)cc2)c2ccc(OC)cc2)[C@@H](C)OP(OCCC#N)N(C(C)C)C(C)C)nn1)C(=O)OC. The van der Waals surface area contributed by atoms with Gasteiger partial charge in [0, 0.05) is 37.7 Å². The maximum Gasteiger partial charge on any atom is 0.323 e. The molecule has 3 aromatic carbocycles. The zero-order chi connectivity index (χ0) is 58.6. The second kappa shape index (κ2) is 34.3. The Morgan fingerprint density at radius 1 is 0.738 bits per heavy atom. The molecule has 0 aliphatic rings. The number of unbranched alkanes of at least 4 members (excludes halogenated alkanes) is 2. The van der Waals surface area contributed by atoms with Crippen LogP contribution in [0.3, 0.4) is 0 Å². The topological polar surface area (TPSA) is 261 Å². The van der Waals surface area contributed by atoms with E-state index in [1.165, 1.54) is 37.1 Å². The molecule has 0 saturated heterocycles. The summed E-state index contributed by atoms with van der Waals surface area (Å²) in [4.78, 5) is 78.2. The number of methoxy groups -OCH3 is 5. The molecule has 1 heterocycles. The molecule has 2 amide bonds. The minimum atomic E-state index is -1.73. The maximum absolute atomic E-state index is 14.0. The van der Waals surface area contributed by atoms with Crippen LogP contribution in [0, 0.1) is 11.3 Å². The molecular formula is C57H79N8O14P. The van der Waals surface area contributed by atoms with E-state index in [9.17, 15) is 34.0 Å². The Morgan fingerprint density at radius 2 is 1.32 bits per heavy atom. The summed E-state index contributed by atoms with van der Waals surface area (Å²) in [6.07, 6.45) is 2.71. The molecule has 0 fully saturated rings. The van der Waals surface area contributed by atoms with Gasteiger partial charge >= 0.3 is 17.9 Å². The van der Waals surface area contributed by atoms with Crippen molar-refractivity contribution in [3.63, 3.8) is 0 Å². The first-order valence-electron chi connectivity index (χ1n) is 26.6. The molecule has 22 nitrogen and oxygen atoms in total. The number of rotatable bonds is 37. The van der Waals surface area contributed by atoms with Gasteiger partial charge in [-0.1, -0.05) is 72.7 Å². The van der Waals surface area contributed by atoms with Crippen molar-refractivity contribution in [2.24, 2.45) is 0 Å². The summed E-state index contributed by atoms with van der Waals surface area (Å²) in [7, 11) is 5.09. The highest BCUT2D eigenvalue weighted by Crippen LogP contribution is 2.48. The summed E-state index contributed by atoms with van der Waals surface area (Å²) >= 11 is 0. The number of esters is 3. The summed E-state index contributed by atoms with van der Waals surface area (Å²) < 4.78 is 49.3. The highest BCUT2D eigenvalue weighted by molar-refractivity contribution is 7.44. The van der Waals surface area contributed by atoms with Gasteiger partial charge in [0.05, 0.1) is 98.6 Å². The molecule has 4 atom stereocenters. The third-order valence-electron chi connectivity index (χ3n) is 12.9. The number of aromatic nitrogens is 3. The third-order valence-corrected chi connectivity index (χ3v) is 15.1. The normalized spacial score (nSPS) is 13.0. The molecule has 436 valence electrons. The van der Waals surface area contributed by atoms with E-state index < -0.39 is 56.1 Å². The zero-order valence-electron chi connectivity index (χ0n) is 47.7. The van der Waals surface area contributed by atoms with Crippen molar-refractivity contribution in [3.05, 3.63) is 107 Å². The number of amides is 2. The average Bonchev–Trinajstić information content (AvgIpc) is 3.89. The Kier molecular flexibility index (Phi) is 28.2. The smallest absolute Gasteiger partial charge is 0.323 e. The van der Waals surface area contributed by atoms with Gasteiger partial charge in [-0.3, -0.25) is 33.7 Å².